The summed E-state index contributed by atoms with van der Waals surface area (Å²) in [6, 6.07) is 0. The molecule has 0 amide bonds. The van der Waals surface area contributed by atoms with E-state index in [1.54, 1.807) is 0 Å². The van der Waals surface area contributed by atoms with E-state index in [-0.39, 0.29) is 53.3 Å². The van der Waals surface area contributed by atoms with Crippen LogP contribution in [0.2, 0.25) is 0 Å². The second-order valence-electron chi connectivity index (χ2n) is 14.2. The minimum absolute atomic E-state index is 0.0278. The molecular weight excluding hydrogens is 813 g/mol. The van der Waals surface area contributed by atoms with Gasteiger partial charge in [-0.3, -0.25) is 19.2 Å². The van der Waals surface area contributed by atoms with E-state index in [2.05, 4.69) is 18.6 Å². The number of rotatable bonds is 14. The Labute approximate surface area is 334 Å². The van der Waals surface area contributed by atoms with E-state index < -0.39 is 43.8 Å². The number of halogens is 6. The molecule has 0 heterocycles. The van der Waals surface area contributed by atoms with Crippen molar-refractivity contribution in [2.24, 2.45) is 29.1 Å². The van der Waals surface area contributed by atoms with Crippen molar-refractivity contribution in [1.82, 2.24) is 0 Å². The van der Waals surface area contributed by atoms with Crippen LogP contribution in [0.25, 0.3) is 0 Å². The SMILES string of the molecule is CC(C)(C1CCC(O)CC1)C1CCC(OC(=O)CCCCC(=O)O)CC1.O=C(O)C1C(C(=O)O)C2(Cl)C(Cl)=C(Cl)C1(Cl)C2(Cl)Cl.OCCOCCO. The summed E-state index contributed by atoms with van der Waals surface area (Å²) in [4.78, 5) is 40.9. The van der Waals surface area contributed by atoms with Crippen molar-refractivity contribution < 1.29 is 59.3 Å². The van der Waals surface area contributed by atoms with Gasteiger partial charge in [-0.15, -0.1) is 23.2 Å². The highest BCUT2D eigenvalue weighted by atomic mass is 35.5. The van der Waals surface area contributed by atoms with Gasteiger partial charge in [0.15, 0.2) is 4.33 Å². The third-order valence-corrected chi connectivity index (χ3v) is 15.0. The largest absolute Gasteiger partial charge is 0.481 e. The molecule has 0 aliphatic heterocycles. The molecule has 12 nitrogen and oxygen atoms in total. The van der Waals surface area contributed by atoms with Crippen molar-refractivity contribution >= 4 is 93.5 Å². The maximum absolute atomic E-state index is 11.9. The molecule has 3 saturated carbocycles. The number of carboxylic acids is 3. The number of hydrogen-bond acceptors (Lipinski definition) is 9. The van der Waals surface area contributed by atoms with E-state index in [1.165, 1.54) is 0 Å². The molecule has 0 saturated heterocycles. The molecule has 0 radical (unpaired) electrons. The Hall–Kier alpha value is -0.800. The van der Waals surface area contributed by atoms with Crippen LogP contribution in [0.4, 0.5) is 0 Å². The zero-order chi connectivity index (χ0) is 39.7. The highest BCUT2D eigenvalue weighted by molar-refractivity contribution is 6.66. The fourth-order valence-electron chi connectivity index (χ4n) is 7.71. The number of carboxylic acid groups (broad SMARTS) is 3. The summed E-state index contributed by atoms with van der Waals surface area (Å²) in [6.07, 6.45) is 9.66. The predicted octanol–water partition coefficient (Wildman–Crippen LogP) is 6.53. The van der Waals surface area contributed by atoms with Crippen LogP contribution < -0.4 is 0 Å². The van der Waals surface area contributed by atoms with Gasteiger partial charge in [-0.05, 0) is 81.5 Å². The smallest absolute Gasteiger partial charge is 0.309 e. The first-order valence-corrected chi connectivity index (χ1v) is 19.6. The zero-order valence-electron chi connectivity index (χ0n) is 29.2. The highest BCUT2D eigenvalue weighted by Gasteiger charge is 2.85. The molecule has 4 rings (SSSR count). The molecule has 2 bridgehead atoms. The molecule has 0 aromatic carbocycles. The number of aliphatic hydroxyl groups excluding tert-OH is 3. The normalized spacial score (nSPS) is 32.2. The van der Waals surface area contributed by atoms with Crippen LogP contribution in [-0.2, 0) is 28.7 Å². The van der Waals surface area contributed by atoms with Crippen molar-refractivity contribution in [3.63, 3.8) is 0 Å². The van der Waals surface area contributed by atoms with Gasteiger partial charge < -0.3 is 40.1 Å². The number of alkyl halides is 4. The number of aliphatic carboxylic acids is 3. The van der Waals surface area contributed by atoms with Gasteiger partial charge in [-0.1, -0.05) is 60.3 Å². The van der Waals surface area contributed by atoms with Gasteiger partial charge in [0, 0.05) is 12.8 Å². The first-order chi connectivity index (χ1) is 24.2. The lowest BCUT2D eigenvalue weighted by Gasteiger charge is -2.46. The number of carbonyl (C=O) groups is 4. The lowest BCUT2D eigenvalue weighted by atomic mass is 9.60. The van der Waals surface area contributed by atoms with Crippen LogP contribution in [0.3, 0.4) is 0 Å². The summed E-state index contributed by atoms with van der Waals surface area (Å²) in [5.74, 6) is -6.14. The number of carbonyl (C=O) groups excluding carboxylic acids is 1. The minimum Gasteiger partial charge on any atom is -0.481 e. The zero-order valence-corrected chi connectivity index (χ0v) is 33.7. The molecule has 0 aromatic rings. The van der Waals surface area contributed by atoms with Crippen molar-refractivity contribution in [2.45, 2.75) is 117 Å². The maximum atomic E-state index is 11.9. The molecule has 18 heteroatoms. The minimum atomic E-state index is -2.18. The van der Waals surface area contributed by atoms with Crippen LogP contribution in [0, 0.1) is 29.1 Å². The molecule has 52 heavy (non-hydrogen) atoms. The third kappa shape index (κ3) is 10.5. The van der Waals surface area contributed by atoms with Crippen LogP contribution in [0.5, 0.6) is 0 Å². The van der Waals surface area contributed by atoms with Crippen molar-refractivity contribution in [3.05, 3.63) is 10.1 Å². The molecule has 6 N–H and O–H groups in total. The quantitative estimate of drug-likeness (QED) is 0.0626. The van der Waals surface area contributed by atoms with Crippen molar-refractivity contribution in [2.75, 3.05) is 26.4 Å². The number of ether oxygens (including phenoxy) is 2. The monoisotopic (exact) mass is 860 g/mol. The van der Waals surface area contributed by atoms with Crippen LogP contribution in [0.15, 0.2) is 10.1 Å². The van der Waals surface area contributed by atoms with Gasteiger partial charge in [0.2, 0.25) is 0 Å². The highest BCUT2D eigenvalue weighted by Crippen LogP contribution is 2.76. The second-order valence-corrected chi connectivity index (χ2v) is 17.5. The molecule has 4 aliphatic rings. The average Bonchev–Trinajstić information content (AvgIpc) is 3.28. The summed E-state index contributed by atoms with van der Waals surface area (Å²) in [7, 11) is 0. The van der Waals surface area contributed by atoms with E-state index in [4.69, 9.17) is 89.7 Å². The first-order valence-electron chi connectivity index (χ1n) is 17.3. The lowest BCUT2D eigenvalue weighted by molar-refractivity contribution is -0.153. The second kappa shape index (κ2) is 20.4. The van der Waals surface area contributed by atoms with Crippen LogP contribution in [-0.4, -0.2) is 107 Å². The van der Waals surface area contributed by atoms with Crippen LogP contribution in [0.1, 0.15) is 90.9 Å². The molecule has 4 aliphatic carbocycles. The fraction of sp³-hybridized carbons (Fsp3) is 0.824. The molecular formula is C34H50Cl6O12. The van der Waals surface area contributed by atoms with Gasteiger partial charge in [-0.2, -0.15) is 0 Å². The fourth-order valence-corrected chi connectivity index (χ4v) is 10.6. The maximum Gasteiger partial charge on any atom is 0.309 e. The number of unbranched alkanes of at least 4 members (excludes halogenated alkanes) is 1. The molecule has 4 unspecified atom stereocenters. The molecule has 300 valence electrons. The molecule has 0 spiro atoms. The van der Waals surface area contributed by atoms with Gasteiger partial charge in [0.25, 0.3) is 0 Å². The van der Waals surface area contributed by atoms with E-state index in [1.807, 2.05) is 0 Å². The predicted molar refractivity (Wildman–Crippen MR) is 197 cm³/mol. The molecule has 0 aromatic heterocycles. The summed E-state index contributed by atoms with van der Waals surface area (Å²) < 4.78 is 8.05. The van der Waals surface area contributed by atoms with E-state index in [0.717, 1.165) is 51.4 Å². The number of hydrogen-bond donors (Lipinski definition) is 6. The van der Waals surface area contributed by atoms with E-state index >= 15 is 0 Å². The number of fused-ring (bicyclic) bond motifs is 2. The Kier molecular flexibility index (Phi) is 18.6. The van der Waals surface area contributed by atoms with Crippen molar-refractivity contribution in [3.8, 4) is 0 Å². The summed E-state index contributed by atoms with van der Waals surface area (Å²) >= 11 is 36.2. The molecule has 3 fully saturated rings. The average molecular weight is 863 g/mol. The molecule has 4 atom stereocenters. The Morgan fingerprint density at radius 3 is 1.50 bits per heavy atom. The topological polar surface area (TPSA) is 208 Å². The van der Waals surface area contributed by atoms with Crippen LogP contribution >= 0.6 is 69.6 Å². The third-order valence-electron chi connectivity index (χ3n) is 10.7. The van der Waals surface area contributed by atoms with Crippen molar-refractivity contribution in [1.29, 1.82) is 0 Å². The lowest BCUT2D eigenvalue weighted by Crippen LogP contribution is -2.45. The number of aliphatic hydroxyl groups is 3. The summed E-state index contributed by atoms with van der Waals surface area (Å²) in [5, 5.41) is 52.3. The van der Waals surface area contributed by atoms with E-state index in [9.17, 15) is 34.5 Å². The Morgan fingerprint density at radius 1 is 0.712 bits per heavy atom. The standard InChI is InChI=1S/C21H36O5.C9H4Cl6O4.C4H10O3/c1-21(2,15-7-11-17(22)12-8-15)16-9-13-18(14-10-16)26-20(25)6-4-3-5-19(23)24;10-3-4(11)8(13)2(6(18)19)1(5(16)17)7(3,12)9(8,14)15;5-1-3-7-4-2-6/h15-18,22H,3-14H2,1-2H3,(H,23,24);1-2H,(H,16,17)(H,18,19);5-6H,1-4H2. The summed E-state index contributed by atoms with van der Waals surface area (Å²) in [5.41, 5.74) is 0.284. The first kappa shape index (κ1) is 47.4. The van der Waals surface area contributed by atoms with Gasteiger partial charge in [0.1, 0.15) is 15.9 Å². The van der Waals surface area contributed by atoms with Gasteiger partial charge in [-0.25, -0.2) is 0 Å². The number of allylic oxidation sites excluding steroid dienone is 2. The van der Waals surface area contributed by atoms with Gasteiger partial charge in [0.05, 0.1) is 54.4 Å². The van der Waals surface area contributed by atoms with Gasteiger partial charge >= 0.3 is 23.9 Å². The Bertz CT molecular complexity index is 1220. The Balaban J connectivity index is 0.000000314. The summed E-state index contributed by atoms with van der Waals surface area (Å²) in [6.45, 7) is 5.46. The Morgan fingerprint density at radius 2 is 1.12 bits per heavy atom. The number of esters is 1. The van der Waals surface area contributed by atoms with E-state index in [0.29, 0.717) is 44.3 Å².